The van der Waals surface area contributed by atoms with Gasteiger partial charge in [-0.1, -0.05) is 16.8 Å². The maximum absolute atomic E-state index is 5.99. The van der Waals surface area contributed by atoms with Gasteiger partial charge in [0, 0.05) is 23.1 Å². The van der Waals surface area contributed by atoms with Crippen molar-refractivity contribution < 1.29 is 9.26 Å². The SMILES string of the molecule is Cc1cc(-c2nc([C@@H]3CCOC3)no2)ccc1Cl. The number of hydrogen-bond donors (Lipinski definition) is 0. The third kappa shape index (κ3) is 2.13. The molecule has 0 spiro atoms. The Morgan fingerprint density at radius 1 is 1.39 bits per heavy atom. The van der Waals surface area contributed by atoms with Crippen LogP contribution in [0.15, 0.2) is 22.7 Å². The van der Waals surface area contributed by atoms with Crippen LogP contribution in [0.5, 0.6) is 0 Å². The van der Waals surface area contributed by atoms with Crippen molar-refractivity contribution in [3.05, 3.63) is 34.6 Å². The van der Waals surface area contributed by atoms with Crippen molar-refractivity contribution in [3.63, 3.8) is 0 Å². The summed E-state index contributed by atoms with van der Waals surface area (Å²) in [5, 5.41) is 4.77. The molecule has 18 heavy (non-hydrogen) atoms. The van der Waals surface area contributed by atoms with E-state index >= 15 is 0 Å². The second-order valence-electron chi connectivity index (χ2n) is 4.48. The predicted octanol–water partition coefficient (Wildman–Crippen LogP) is 3.20. The van der Waals surface area contributed by atoms with Crippen LogP contribution in [-0.2, 0) is 4.74 Å². The van der Waals surface area contributed by atoms with E-state index in [9.17, 15) is 0 Å². The lowest BCUT2D eigenvalue weighted by Crippen LogP contribution is -1.99. The lowest BCUT2D eigenvalue weighted by molar-refractivity contribution is 0.192. The van der Waals surface area contributed by atoms with Crippen molar-refractivity contribution >= 4 is 11.6 Å². The van der Waals surface area contributed by atoms with Crippen LogP contribution in [0, 0.1) is 6.92 Å². The molecule has 0 radical (unpaired) electrons. The minimum absolute atomic E-state index is 0.260. The average molecular weight is 265 g/mol. The highest BCUT2D eigenvalue weighted by atomic mass is 35.5. The summed E-state index contributed by atoms with van der Waals surface area (Å²) in [6.07, 6.45) is 0.957. The van der Waals surface area contributed by atoms with E-state index in [0.717, 1.165) is 35.0 Å². The quantitative estimate of drug-likeness (QED) is 0.836. The first kappa shape index (κ1) is 11.7. The zero-order chi connectivity index (χ0) is 12.5. The number of aromatic nitrogens is 2. The molecule has 94 valence electrons. The number of halogens is 1. The topological polar surface area (TPSA) is 48.2 Å². The van der Waals surface area contributed by atoms with E-state index in [-0.39, 0.29) is 5.92 Å². The lowest BCUT2D eigenvalue weighted by atomic mass is 10.1. The van der Waals surface area contributed by atoms with Gasteiger partial charge in [0.2, 0.25) is 0 Å². The molecule has 0 amide bonds. The maximum atomic E-state index is 5.99. The van der Waals surface area contributed by atoms with Crippen molar-refractivity contribution in [3.8, 4) is 11.5 Å². The first-order chi connectivity index (χ1) is 8.74. The van der Waals surface area contributed by atoms with Gasteiger partial charge in [0.1, 0.15) is 0 Å². The van der Waals surface area contributed by atoms with Gasteiger partial charge in [0.05, 0.1) is 6.61 Å². The van der Waals surface area contributed by atoms with Gasteiger partial charge in [-0.15, -0.1) is 0 Å². The van der Waals surface area contributed by atoms with E-state index in [4.69, 9.17) is 20.9 Å². The summed E-state index contributed by atoms with van der Waals surface area (Å²) in [7, 11) is 0. The van der Waals surface area contributed by atoms with Crippen LogP contribution < -0.4 is 0 Å². The molecule has 1 saturated heterocycles. The van der Waals surface area contributed by atoms with E-state index in [1.54, 1.807) is 0 Å². The third-order valence-electron chi connectivity index (χ3n) is 3.14. The molecule has 4 nitrogen and oxygen atoms in total. The van der Waals surface area contributed by atoms with Gasteiger partial charge in [-0.3, -0.25) is 0 Å². The Kier molecular flexibility index (Phi) is 3.06. The van der Waals surface area contributed by atoms with Crippen LogP contribution in [0.4, 0.5) is 0 Å². The lowest BCUT2D eigenvalue weighted by Gasteiger charge is -1.99. The van der Waals surface area contributed by atoms with E-state index in [0.29, 0.717) is 12.5 Å². The molecular weight excluding hydrogens is 252 g/mol. The van der Waals surface area contributed by atoms with Crippen LogP contribution in [0.25, 0.3) is 11.5 Å². The van der Waals surface area contributed by atoms with Crippen molar-refractivity contribution in [2.45, 2.75) is 19.3 Å². The fraction of sp³-hybridized carbons (Fsp3) is 0.385. The normalized spacial score (nSPS) is 19.3. The zero-order valence-electron chi connectivity index (χ0n) is 10.0. The molecule has 1 atom stereocenters. The Hall–Kier alpha value is -1.39. The average Bonchev–Trinajstić information content (AvgIpc) is 3.01. The first-order valence-electron chi connectivity index (χ1n) is 5.92. The fourth-order valence-electron chi connectivity index (χ4n) is 2.03. The smallest absolute Gasteiger partial charge is 0.257 e. The summed E-state index contributed by atoms with van der Waals surface area (Å²) in [5.74, 6) is 1.53. The second kappa shape index (κ2) is 4.71. The van der Waals surface area contributed by atoms with Gasteiger partial charge in [-0.25, -0.2) is 0 Å². The van der Waals surface area contributed by atoms with Crippen molar-refractivity contribution in [2.75, 3.05) is 13.2 Å². The van der Waals surface area contributed by atoms with Crippen LogP contribution in [-0.4, -0.2) is 23.4 Å². The van der Waals surface area contributed by atoms with Gasteiger partial charge in [0.25, 0.3) is 5.89 Å². The molecule has 0 bridgehead atoms. The van der Waals surface area contributed by atoms with Crippen LogP contribution in [0.1, 0.15) is 23.7 Å². The van der Waals surface area contributed by atoms with Gasteiger partial charge >= 0.3 is 0 Å². The van der Waals surface area contributed by atoms with Crippen molar-refractivity contribution in [1.82, 2.24) is 10.1 Å². The van der Waals surface area contributed by atoms with Gasteiger partial charge in [0.15, 0.2) is 5.82 Å². The molecule has 1 fully saturated rings. The van der Waals surface area contributed by atoms with Crippen LogP contribution >= 0.6 is 11.6 Å². The molecular formula is C13H13ClN2O2. The molecule has 0 saturated carbocycles. The largest absolute Gasteiger partial charge is 0.381 e. The minimum Gasteiger partial charge on any atom is -0.381 e. The molecule has 1 aliphatic rings. The van der Waals surface area contributed by atoms with Crippen LogP contribution in [0.3, 0.4) is 0 Å². The molecule has 3 rings (SSSR count). The number of benzene rings is 1. The minimum atomic E-state index is 0.260. The summed E-state index contributed by atoms with van der Waals surface area (Å²) in [5.41, 5.74) is 1.90. The van der Waals surface area contributed by atoms with Crippen LogP contribution in [0.2, 0.25) is 5.02 Å². The molecule has 1 aliphatic heterocycles. The molecule has 2 aromatic rings. The van der Waals surface area contributed by atoms with Gasteiger partial charge < -0.3 is 9.26 Å². The molecule has 0 N–H and O–H groups in total. The first-order valence-corrected chi connectivity index (χ1v) is 6.30. The molecule has 2 heterocycles. The Balaban J connectivity index is 1.89. The highest BCUT2D eigenvalue weighted by Crippen LogP contribution is 2.27. The molecule has 1 aromatic heterocycles. The summed E-state index contributed by atoms with van der Waals surface area (Å²) < 4.78 is 10.6. The number of hydrogen-bond acceptors (Lipinski definition) is 4. The maximum Gasteiger partial charge on any atom is 0.257 e. The van der Waals surface area contributed by atoms with E-state index in [1.807, 2.05) is 25.1 Å². The summed E-state index contributed by atoms with van der Waals surface area (Å²) in [6.45, 7) is 3.40. The van der Waals surface area contributed by atoms with Crippen molar-refractivity contribution in [1.29, 1.82) is 0 Å². The summed E-state index contributed by atoms with van der Waals surface area (Å²) >= 11 is 5.99. The fourth-order valence-corrected chi connectivity index (χ4v) is 2.15. The Morgan fingerprint density at radius 2 is 2.28 bits per heavy atom. The number of ether oxygens (including phenoxy) is 1. The van der Waals surface area contributed by atoms with E-state index in [1.165, 1.54) is 0 Å². The zero-order valence-corrected chi connectivity index (χ0v) is 10.8. The van der Waals surface area contributed by atoms with E-state index in [2.05, 4.69) is 10.1 Å². The third-order valence-corrected chi connectivity index (χ3v) is 3.57. The summed E-state index contributed by atoms with van der Waals surface area (Å²) in [6, 6.07) is 5.68. The second-order valence-corrected chi connectivity index (χ2v) is 4.89. The Bertz CT molecular complexity index is 562. The van der Waals surface area contributed by atoms with Gasteiger partial charge in [-0.05, 0) is 37.1 Å². The Morgan fingerprint density at radius 3 is 3.00 bits per heavy atom. The van der Waals surface area contributed by atoms with E-state index < -0.39 is 0 Å². The highest BCUT2D eigenvalue weighted by molar-refractivity contribution is 6.31. The molecule has 0 aliphatic carbocycles. The standard InChI is InChI=1S/C13H13ClN2O2/c1-8-6-9(2-3-11(8)14)13-15-12(16-18-13)10-4-5-17-7-10/h2-3,6,10H,4-5,7H2,1H3/t10-/m1/s1. The monoisotopic (exact) mass is 264 g/mol. The highest BCUT2D eigenvalue weighted by Gasteiger charge is 2.23. The predicted molar refractivity (Wildman–Crippen MR) is 67.7 cm³/mol. The number of rotatable bonds is 2. The Labute approximate surface area is 110 Å². The van der Waals surface area contributed by atoms with Crippen molar-refractivity contribution in [2.24, 2.45) is 0 Å². The molecule has 5 heteroatoms. The number of aryl methyl sites for hydroxylation is 1. The molecule has 0 unspecified atom stereocenters. The summed E-state index contributed by atoms with van der Waals surface area (Å²) in [4.78, 5) is 4.43. The number of nitrogens with zero attached hydrogens (tertiary/aromatic N) is 2. The molecule has 1 aromatic carbocycles. The van der Waals surface area contributed by atoms with Gasteiger partial charge in [-0.2, -0.15) is 4.98 Å².